The van der Waals surface area contributed by atoms with Crippen molar-refractivity contribution in [1.29, 1.82) is 0 Å². The van der Waals surface area contributed by atoms with Crippen LogP contribution in [0.15, 0.2) is 0 Å². The molecule has 1 unspecified atom stereocenters. The first-order valence-corrected chi connectivity index (χ1v) is 8.98. The Morgan fingerprint density at radius 3 is 2.33 bits per heavy atom. The topological polar surface area (TPSA) is 23.6 Å². The number of hydrogen-bond acceptors (Lipinski definition) is 2. The van der Waals surface area contributed by atoms with Crippen LogP contribution in [0.4, 0.5) is 0 Å². The molecule has 3 aliphatic rings. The molecule has 1 atom stereocenters. The molecule has 1 aliphatic carbocycles. The summed E-state index contributed by atoms with van der Waals surface area (Å²) in [6.45, 7) is 11.4. The molecule has 0 aromatic heterocycles. The molecule has 2 saturated heterocycles. The van der Waals surface area contributed by atoms with E-state index in [4.69, 9.17) is 0 Å². The van der Waals surface area contributed by atoms with E-state index in [-0.39, 0.29) is 0 Å². The van der Waals surface area contributed by atoms with Gasteiger partial charge in [-0.05, 0) is 56.4 Å². The molecule has 0 spiro atoms. The summed E-state index contributed by atoms with van der Waals surface area (Å²) in [4.78, 5) is 17.6. The number of piperazine rings is 1. The predicted molar refractivity (Wildman–Crippen MR) is 86.1 cm³/mol. The van der Waals surface area contributed by atoms with E-state index in [1.54, 1.807) is 0 Å². The van der Waals surface area contributed by atoms with Crippen LogP contribution in [0.5, 0.6) is 0 Å². The van der Waals surface area contributed by atoms with Gasteiger partial charge in [0.2, 0.25) is 5.91 Å². The van der Waals surface area contributed by atoms with Gasteiger partial charge >= 0.3 is 0 Å². The van der Waals surface area contributed by atoms with Gasteiger partial charge in [-0.2, -0.15) is 0 Å². The summed E-state index contributed by atoms with van der Waals surface area (Å²) in [5, 5.41) is 0. The highest BCUT2D eigenvalue weighted by molar-refractivity contribution is 5.79. The summed E-state index contributed by atoms with van der Waals surface area (Å²) in [6, 6.07) is 0.661. The lowest BCUT2D eigenvalue weighted by Crippen LogP contribution is -2.53. The SMILES string of the molecule is CC(C)(C)C1CCC(C(=O)N2CCN3CCCC3C2)CC1. The fraction of sp³-hybridized carbons (Fsp3) is 0.944. The van der Waals surface area contributed by atoms with Gasteiger partial charge in [0.05, 0.1) is 0 Å². The molecule has 3 fully saturated rings. The molecule has 0 aromatic rings. The number of carbonyl (C=O) groups excluding carboxylic acids is 1. The molecule has 2 heterocycles. The minimum absolute atomic E-state index is 0.316. The standard InChI is InChI=1S/C18H32N2O/c1-18(2,3)15-8-6-14(7-9-15)17(21)20-12-11-19-10-4-5-16(19)13-20/h14-16H,4-13H2,1-3H3. The summed E-state index contributed by atoms with van der Waals surface area (Å²) in [6.07, 6.45) is 7.33. The Kier molecular flexibility index (Phi) is 4.31. The first-order valence-electron chi connectivity index (χ1n) is 8.98. The van der Waals surface area contributed by atoms with Crippen LogP contribution in [0, 0.1) is 17.3 Å². The largest absolute Gasteiger partial charge is 0.340 e. The summed E-state index contributed by atoms with van der Waals surface area (Å²) >= 11 is 0. The van der Waals surface area contributed by atoms with Gasteiger partial charge in [0.1, 0.15) is 0 Å². The van der Waals surface area contributed by atoms with E-state index in [0.717, 1.165) is 38.4 Å². The van der Waals surface area contributed by atoms with Crippen molar-refractivity contribution in [2.75, 3.05) is 26.2 Å². The first-order chi connectivity index (χ1) is 9.95. The Bertz CT molecular complexity index is 379. The van der Waals surface area contributed by atoms with Gasteiger partial charge in [0.25, 0.3) is 0 Å². The highest BCUT2D eigenvalue weighted by atomic mass is 16.2. The minimum Gasteiger partial charge on any atom is -0.340 e. The van der Waals surface area contributed by atoms with Crippen LogP contribution in [-0.4, -0.2) is 47.9 Å². The zero-order valence-corrected chi connectivity index (χ0v) is 14.1. The molecular formula is C18H32N2O. The van der Waals surface area contributed by atoms with Gasteiger partial charge in [-0.15, -0.1) is 0 Å². The van der Waals surface area contributed by atoms with Gasteiger partial charge in [-0.1, -0.05) is 20.8 Å². The average Bonchev–Trinajstić information content (AvgIpc) is 2.93. The second-order valence-corrected chi connectivity index (χ2v) is 8.53. The Morgan fingerprint density at radius 1 is 0.952 bits per heavy atom. The van der Waals surface area contributed by atoms with Crippen LogP contribution in [0.2, 0.25) is 0 Å². The van der Waals surface area contributed by atoms with Gasteiger partial charge < -0.3 is 4.90 Å². The van der Waals surface area contributed by atoms with E-state index in [0.29, 0.717) is 23.3 Å². The Hall–Kier alpha value is -0.570. The number of nitrogens with zero attached hydrogens (tertiary/aromatic N) is 2. The molecular weight excluding hydrogens is 260 g/mol. The summed E-state index contributed by atoms with van der Waals surface area (Å²) in [7, 11) is 0. The molecule has 21 heavy (non-hydrogen) atoms. The molecule has 0 bridgehead atoms. The van der Waals surface area contributed by atoms with Crippen molar-refractivity contribution >= 4 is 5.91 Å². The lowest BCUT2D eigenvalue weighted by atomic mass is 9.69. The molecule has 1 amide bonds. The number of amides is 1. The minimum atomic E-state index is 0.316. The number of hydrogen-bond donors (Lipinski definition) is 0. The van der Waals surface area contributed by atoms with Crippen LogP contribution in [0.25, 0.3) is 0 Å². The van der Waals surface area contributed by atoms with E-state index in [9.17, 15) is 4.79 Å². The van der Waals surface area contributed by atoms with Crippen molar-refractivity contribution in [2.24, 2.45) is 17.3 Å². The maximum absolute atomic E-state index is 12.8. The van der Waals surface area contributed by atoms with Crippen LogP contribution >= 0.6 is 0 Å². The fourth-order valence-electron chi connectivity index (χ4n) is 4.66. The number of carbonyl (C=O) groups is 1. The zero-order valence-electron chi connectivity index (χ0n) is 14.1. The monoisotopic (exact) mass is 292 g/mol. The molecule has 0 radical (unpaired) electrons. The van der Waals surface area contributed by atoms with Gasteiger partial charge in [-0.25, -0.2) is 0 Å². The highest BCUT2D eigenvalue weighted by Crippen LogP contribution is 2.40. The maximum atomic E-state index is 12.8. The smallest absolute Gasteiger partial charge is 0.225 e. The Morgan fingerprint density at radius 2 is 1.67 bits per heavy atom. The second kappa shape index (κ2) is 5.91. The molecule has 120 valence electrons. The van der Waals surface area contributed by atoms with Crippen molar-refractivity contribution < 1.29 is 4.79 Å². The van der Waals surface area contributed by atoms with Crippen molar-refractivity contribution in [3.05, 3.63) is 0 Å². The molecule has 3 nitrogen and oxygen atoms in total. The quantitative estimate of drug-likeness (QED) is 0.741. The third kappa shape index (κ3) is 3.28. The van der Waals surface area contributed by atoms with Crippen LogP contribution < -0.4 is 0 Å². The summed E-state index contributed by atoms with van der Waals surface area (Å²) < 4.78 is 0. The van der Waals surface area contributed by atoms with Crippen molar-refractivity contribution in [3.8, 4) is 0 Å². The number of fused-ring (bicyclic) bond motifs is 1. The van der Waals surface area contributed by atoms with E-state index >= 15 is 0 Å². The molecule has 0 aromatic carbocycles. The lowest BCUT2D eigenvalue weighted by molar-refractivity contribution is -0.139. The number of rotatable bonds is 1. The Labute approximate surface area is 130 Å². The van der Waals surface area contributed by atoms with E-state index < -0.39 is 0 Å². The highest BCUT2D eigenvalue weighted by Gasteiger charge is 2.37. The van der Waals surface area contributed by atoms with Gasteiger partial charge in [0.15, 0.2) is 0 Å². The molecule has 2 aliphatic heterocycles. The first kappa shape index (κ1) is 15.3. The summed E-state index contributed by atoms with van der Waals surface area (Å²) in [5.41, 5.74) is 0.406. The van der Waals surface area contributed by atoms with Crippen molar-refractivity contribution in [3.63, 3.8) is 0 Å². The molecule has 3 heteroatoms. The average molecular weight is 292 g/mol. The summed E-state index contributed by atoms with van der Waals surface area (Å²) in [5.74, 6) is 1.58. The normalized spacial score (nSPS) is 34.8. The predicted octanol–water partition coefficient (Wildman–Crippen LogP) is 3.15. The third-order valence-corrected chi connectivity index (χ3v) is 6.20. The van der Waals surface area contributed by atoms with Crippen LogP contribution in [-0.2, 0) is 4.79 Å². The third-order valence-electron chi connectivity index (χ3n) is 6.20. The zero-order chi connectivity index (χ0) is 15.0. The van der Waals surface area contributed by atoms with E-state index in [1.165, 1.54) is 32.2 Å². The van der Waals surface area contributed by atoms with Crippen LogP contribution in [0.3, 0.4) is 0 Å². The van der Waals surface area contributed by atoms with E-state index in [2.05, 4.69) is 30.6 Å². The van der Waals surface area contributed by atoms with Crippen molar-refractivity contribution in [2.45, 2.75) is 65.3 Å². The molecule has 3 rings (SSSR count). The van der Waals surface area contributed by atoms with Crippen molar-refractivity contribution in [1.82, 2.24) is 9.80 Å². The Balaban J connectivity index is 1.52. The lowest BCUT2D eigenvalue weighted by Gasteiger charge is -2.41. The van der Waals surface area contributed by atoms with Gasteiger partial charge in [-0.3, -0.25) is 9.69 Å². The van der Waals surface area contributed by atoms with Gasteiger partial charge in [0, 0.05) is 31.6 Å². The van der Waals surface area contributed by atoms with Crippen LogP contribution in [0.1, 0.15) is 59.3 Å². The second-order valence-electron chi connectivity index (χ2n) is 8.53. The molecule has 0 N–H and O–H groups in total. The van der Waals surface area contributed by atoms with E-state index in [1.807, 2.05) is 0 Å². The fourth-order valence-corrected chi connectivity index (χ4v) is 4.66. The maximum Gasteiger partial charge on any atom is 0.225 e. The molecule has 1 saturated carbocycles.